The summed E-state index contributed by atoms with van der Waals surface area (Å²) in [7, 11) is -0.439. The standard InChI is InChI=1S/C35H29NO3P/c1-39-33-23-26(24-36-34(37)31-19-11-12-20-32(31)35(36)38)21-22-27(33)25-40(28-13-5-2-6-14-28,29-15-7-3-8-16-29)30-17-9-4-10-18-30/h2-23H,24-25H2,1H3/q+1. The smallest absolute Gasteiger partial charge is 0.261 e. The molecule has 0 N–H and O–H groups in total. The minimum Gasteiger partial charge on any atom is -0.496 e. The van der Waals surface area contributed by atoms with E-state index in [2.05, 4.69) is 97.1 Å². The fourth-order valence-electron chi connectivity index (χ4n) is 5.61. The average Bonchev–Trinajstić information content (AvgIpc) is 3.26. The monoisotopic (exact) mass is 542 g/mol. The molecule has 1 aliphatic heterocycles. The summed E-state index contributed by atoms with van der Waals surface area (Å²) in [5.74, 6) is 0.234. The van der Waals surface area contributed by atoms with E-state index in [9.17, 15) is 9.59 Å². The van der Waals surface area contributed by atoms with Gasteiger partial charge in [-0.15, -0.1) is 0 Å². The predicted molar refractivity (Wildman–Crippen MR) is 162 cm³/mol. The molecule has 0 atom stereocenters. The van der Waals surface area contributed by atoms with E-state index in [1.54, 1.807) is 31.4 Å². The normalized spacial score (nSPS) is 12.9. The van der Waals surface area contributed by atoms with E-state index in [1.807, 2.05) is 12.1 Å². The Kier molecular flexibility index (Phi) is 7.02. The molecule has 5 aromatic rings. The lowest BCUT2D eigenvalue weighted by atomic mass is 10.1. The third-order valence-electron chi connectivity index (χ3n) is 7.57. The van der Waals surface area contributed by atoms with Crippen LogP contribution in [0.15, 0.2) is 133 Å². The fraction of sp³-hybridized carbons (Fsp3) is 0.0857. The molecule has 0 saturated carbocycles. The highest BCUT2D eigenvalue weighted by atomic mass is 31.2. The third-order valence-corrected chi connectivity index (χ3v) is 11.9. The molecule has 0 bridgehead atoms. The maximum Gasteiger partial charge on any atom is 0.261 e. The molecule has 196 valence electrons. The SMILES string of the molecule is COc1cc(CN2C(=O)c3ccccc3C2=O)ccc1C[P+](c1ccccc1)(c1ccccc1)c1ccccc1. The second-order valence-electron chi connectivity index (χ2n) is 9.86. The number of hydrogen-bond donors (Lipinski definition) is 0. The maximum atomic E-state index is 13.0. The van der Waals surface area contributed by atoms with Crippen LogP contribution in [-0.4, -0.2) is 23.8 Å². The van der Waals surface area contributed by atoms with Crippen molar-refractivity contribution in [3.8, 4) is 5.75 Å². The highest BCUT2D eigenvalue weighted by molar-refractivity contribution is 7.95. The largest absolute Gasteiger partial charge is 0.496 e. The lowest BCUT2D eigenvalue weighted by molar-refractivity contribution is 0.0642. The zero-order valence-corrected chi connectivity index (χ0v) is 23.1. The van der Waals surface area contributed by atoms with Gasteiger partial charge in [0.25, 0.3) is 11.8 Å². The van der Waals surface area contributed by atoms with Gasteiger partial charge in [0.05, 0.1) is 24.8 Å². The number of fused-ring (bicyclic) bond motifs is 1. The predicted octanol–water partition coefficient (Wildman–Crippen LogP) is 5.99. The third kappa shape index (κ3) is 4.51. The molecule has 4 nitrogen and oxygen atoms in total. The molecule has 40 heavy (non-hydrogen) atoms. The topological polar surface area (TPSA) is 46.6 Å². The fourth-order valence-corrected chi connectivity index (χ4v) is 9.86. The zero-order chi connectivity index (χ0) is 27.5. The van der Waals surface area contributed by atoms with Gasteiger partial charge in [-0.05, 0) is 60.2 Å². The van der Waals surface area contributed by atoms with Crippen LogP contribution >= 0.6 is 7.26 Å². The Bertz CT molecular complexity index is 1540. The van der Waals surface area contributed by atoms with Gasteiger partial charge in [-0.1, -0.05) is 78.9 Å². The first-order valence-corrected chi connectivity index (χ1v) is 15.2. The number of benzene rings is 5. The Balaban J connectivity index is 1.41. The highest BCUT2D eigenvalue weighted by Gasteiger charge is 2.46. The van der Waals surface area contributed by atoms with E-state index in [0.29, 0.717) is 11.1 Å². The molecular formula is C35H29NO3P+. The van der Waals surface area contributed by atoms with Crippen molar-refractivity contribution in [3.63, 3.8) is 0 Å². The van der Waals surface area contributed by atoms with Crippen molar-refractivity contribution in [3.05, 3.63) is 156 Å². The number of hydrogen-bond acceptors (Lipinski definition) is 3. The number of amides is 2. The van der Waals surface area contributed by atoms with Crippen molar-refractivity contribution in [1.29, 1.82) is 0 Å². The van der Waals surface area contributed by atoms with Gasteiger partial charge < -0.3 is 4.74 Å². The number of carbonyl (C=O) groups excluding carboxylic acids is 2. The number of methoxy groups -OCH3 is 1. The van der Waals surface area contributed by atoms with Gasteiger partial charge in [0, 0.05) is 5.56 Å². The molecule has 5 heteroatoms. The zero-order valence-electron chi connectivity index (χ0n) is 22.2. The van der Waals surface area contributed by atoms with Crippen LogP contribution in [0.1, 0.15) is 31.8 Å². The first kappa shape index (κ1) is 25.7. The molecule has 0 radical (unpaired) electrons. The summed E-state index contributed by atoms with van der Waals surface area (Å²) in [6, 6.07) is 45.3. The number of ether oxygens (including phenoxy) is 1. The van der Waals surface area contributed by atoms with Gasteiger partial charge in [0.2, 0.25) is 0 Å². The Morgan fingerprint density at radius 3 is 1.50 bits per heavy atom. The van der Waals surface area contributed by atoms with Gasteiger partial charge in [0.15, 0.2) is 0 Å². The quantitative estimate of drug-likeness (QED) is 0.179. The van der Waals surface area contributed by atoms with Gasteiger partial charge >= 0.3 is 0 Å². The number of imide groups is 1. The van der Waals surface area contributed by atoms with Crippen molar-refractivity contribution >= 4 is 35.0 Å². The van der Waals surface area contributed by atoms with E-state index in [4.69, 9.17) is 4.74 Å². The summed E-state index contributed by atoms with van der Waals surface area (Å²) in [6.07, 6.45) is 0.765. The summed E-state index contributed by atoms with van der Waals surface area (Å²) >= 11 is 0. The summed E-state index contributed by atoms with van der Waals surface area (Å²) in [5.41, 5.74) is 2.84. The molecule has 6 rings (SSSR count). The molecule has 1 heterocycles. The van der Waals surface area contributed by atoms with Gasteiger partial charge in [0.1, 0.15) is 35.1 Å². The summed E-state index contributed by atoms with van der Waals surface area (Å²) in [6.45, 7) is 0.194. The Hall–Kier alpha value is -4.53. The van der Waals surface area contributed by atoms with Crippen molar-refractivity contribution in [1.82, 2.24) is 4.90 Å². The maximum absolute atomic E-state index is 13.0. The van der Waals surface area contributed by atoms with Crippen molar-refractivity contribution in [2.24, 2.45) is 0 Å². The van der Waals surface area contributed by atoms with Crippen LogP contribution < -0.4 is 20.7 Å². The van der Waals surface area contributed by atoms with Crippen LogP contribution in [0.4, 0.5) is 0 Å². The molecule has 1 aliphatic rings. The first-order chi connectivity index (χ1) is 19.6. The Morgan fingerprint density at radius 2 is 1.05 bits per heavy atom. The minimum atomic E-state index is -2.12. The van der Waals surface area contributed by atoms with Gasteiger partial charge in [-0.2, -0.15) is 0 Å². The molecule has 0 spiro atoms. The van der Waals surface area contributed by atoms with Crippen molar-refractivity contribution < 1.29 is 14.3 Å². The molecule has 0 fully saturated rings. The number of rotatable bonds is 8. The highest BCUT2D eigenvalue weighted by Crippen LogP contribution is 2.59. The van der Waals surface area contributed by atoms with Crippen LogP contribution in [0.2, 0.25) is 0 Å². The van der Waals surface area contributed by atoms with E-state index in [1.165, 1.54) is 20.8 Å². The van der Waals surface area contributed by atoms with Crippen LogP contribution in [0.5, 0.6) is 5.75 Å². The van der Waals surface area contributed by atoms with Gasteiger partial charge in [-0.3, -0.25) is 14.5 Å². The molecular weight excluding hydrogens is 513 g/mol. The molecule has 0 aliphatic carbocycles. The van der Waals surface area contributed by atoms with Crippen LogP contribution in [0.25, 0.3) is 0 Å². The van der Waals surface area contributed by atoms with E-state index < -0.39 is 7.26 Å². The molecule has 5 aromatic carbocycles. The molecule has 0 aromatic heterocycles. The van der Waals surface area contributed by atoms with Crippen LogP contribution in [0, 0.1) is 0 Å². The molecule has 0 saturated heterocycles. The summed E-state index contributed by atoms with van der Waals surface area (Å²) < 4.78 is 5.95. The summed E-state index contributed by atoms with van der Waals surface area (Å²) in [4.78, 5) is 27.3. The lowest BCUT2D eigenvalue weighted by Crippen LogP contribution is -2.32. The Morgan fingerprint density at radius 1 is 0.600 bits per heavy atom. The first-order valence-electron chi connectivity index (χ1n) is 13.3. The second kappa shape index (κ2) is 10.9. The Labute approximate surface area is 235 Å². The number of nitrogens with zero attached hydrogens (tertiary/aromatic N) is 1. The lowest BCUT2D eigenvalue weighted by Gasteiger charge is -2.28. The van der Waals surface area contributed by atoms with Crippen molar-refractivity contribution in [2.75, 3.05) is 7.11 Å². The van der Waals surface area contributed by atoms with E-state index in [-0.39, 0.29) is 18.4 Å². The van der Waals surface area contributed by atoms with Gasteiger partial charge in [-0.25, -0.2) is 0 Å². The average molecular weight is 543 g/mol. The number of carbonyl (C=O) groups is 2. The van der Waals surface area contributed by atoms with E-state index >= 15 is 0 Å². The van der Waals surface area contributed by atoms with E-state index in [0.717, 1.165) is 23.0 Å². The molecule has 0 unspecified atom stereocenters. The minimum absolute atomic E-state index is 0.194. The molecule has 2 amide bonds. The summed E-state index contributed by atoms with van der Waals surface area (Å²) in [5, 5.41) is 3.89. The second-order valence-corrected chi connectivity index (χ2v) is 13.3. The van der Waals surface area contributed by atoms with Crippen LogP contribution in [0.3, 0.4) is 0 Å². The van der Waals surface area contributed by atoms with Crippen LogP contribution in [-0.2, 0) is 12.7 Å². The van der Waals surface area contributed by atoms with Crippen molar-refractivity contribution in [2.45, 2.75) is 12.7 Å².